The van der Waals surface area contributed by atoms with Crippen molar-refractivity contribution in [3.05, 3.63) is 0 Å². The standard InChI is InChI=1S/C10H22O2/c1-8(2)10(11)6-5-9(3)7-12-4/h8-11H,5-7H2,1-4H3. The van der Waals surface area contributed by atoms with Crippen molar-refractivity contribution in [1.29, 1.82) is 0 Å². The van der Waals surface area contributed by atoms with E-state index in [0.29, 0.717) is 11.8 Å². The molecule has 0 aromatic carbocycles. The van der Waals surface area contributed by atoms with Gasteiger partial charge in [0.05, 0.1) is 6.10 Å². The minimum absolute atomic E-state index is 0.149. The van der Waals surface area contributed by atoms with Gasteiger partial charge in [-0.1, -0.05) is 20.8 Å². The van der Waals surface area contributed by atoms with Crippen LogP contribution in [0.2, 0.25) is 0 Å². The van der Waals surface area contributed by atoms with Gasteiger partial charge in [-0.3, -0.25) is 0 Å². The van der Waals surface area contributed by atoms with Crippen LogP contribution >= 0.6 is 0 Å². The van der Waals surface area contributed by atoms with E-state index in [1.807, 2.05) is 13.8 Å². The first-order chi connectivity index (χ1) is 5.57. The molecule has 0 radical (unpaired) electrons. The van der Waals surface area contributed by atoms with E-state index in [1.165, 1.54) is 0 Å². The molecule has 0 aliphatic carbocycles. The highest BCUT2D eigenvalue weighted by Gasteiger charge is 2.10. The Morgan fingerprint density at radius 2 is 1.75 bits per heavy atom. The molecule has 0 heterocycles. The van der Waals surface area contributed by atoms with Gasteiger partial charge in [0, 0.05) is 13.7 Å². The molecule has 0 amide bonds. The first-order valence-corrected chi connectivity index (χ1v) is 4.75. The predicted octanol–water partition coefficient (Wildman–Crippen LogP) is 2.07. The number of hydrogen-bond acceptors (Lipinski definition) is 2. The molecule has 0 aromatic heterocycles. The zero-order chi connectivity index (χ0) is 9.56. The number of aliphatic hydroxyl groups is 1. The van der Waals surface area contributed by atoms with Crippen LogP contribution in [0.4, 0.5) is 0 Å². The second-order valence-corrected chi connectivity index (χ2v) is 3.95. The van der Waals surface area contributed by atoms with Crippen molar-refractivity contribution in [2.75, 3.05) is 13.7 Å². The summed E-state index contributed by atoms with van der Waals surface area (Å²) in [5.74, 6) is 0.933. The number of aliphatic hydroxyl groups excluding tert-OH is 1. The highest BCUT2D eigenvalue weighted by Crippen LogP contribution is 2.13. The van der Waals surface area contributed by atoms with E-state index >= 15 is 0 Å². The van der Waals surface area contributed by atoms with Gasteiger partial charge in [-0.05, 0) is 24.7 Å². The third-order valence-electron chi connectivity index (χ3n) is 2.18. The second-order valence-electron chi connectivity index (χ2n) is 3.95. The Morgan fingerprint density at radius 3 is 2.17 bits per heavy atom. The normalized spacial score (nSPS) is 16.5. The quantitative estimate of drug-likeness (QED) is 0.668. The lowest BCUT2D eigenvalue weighted by Crippen LogP contribution is -2.16. The maximum Gasteiger partial charge on any atom is 0.0563 e. The van der Waals surface area contributed by atoms with E-state index in [0.717, 1.165) is 19.4 Å². The summed E-state index contributed by atoms with van der Waals surface area (Å²) >= 11 is 0. The van der Waals surface area contributed by atoms with Crippen LogP contribution in [0.25, 0.3) is 0 Å². The van der Waals surface area contributed by atoms with Crippen LogP contribution in [0.5, 0.6) is 0 Å². The molecular weight excluding hydrogens is 152 g/mol. The molecule has 2 atom stereocenters. The molecule has 0 fully saturated rings. The van der Waals surface area contributed by atoms with Crippen LogP contribution in [-0.4, -0.2) is 24.9 Å². The molecule has 0 bridgehead atoms. The lowest BCUT2D eigenvalue weighted by molar-refractivity contribution is 0.0962. The monoisotopic (exact) mass is 174 g/mol. The molecule has 74 valence electrons. The molecule has 12 heavy (non-hydrogen) atoms. The van der Waals surface area contributed by atoms with Gasteiger partial charge in [0.2, 0.25) is 0 Å². The third kappa shape index (κ3) is 5.56. The number of methoxy groups -OCH3 is 1. The molecule has 2 unspecified atom stereocenters. The van der Waals surface area contributed by atoms with Crippen LogP contribution < -0.4 is 0 Å². The van der Waals surface area contributed by atoms with E-state index < -0.39 is 0 Å². The first kappa shape index (κ1) is 11.9. The fraction of sp³-hybridized carbons (Fsp3) is 1.00. The largest absolute Gasteiger partial charge is 0.393 e. The molecular formula is C10H22O2. The van der Waals surface area contributed by atoms with Crippen molar-refractivity contribution in [3.8, 4) is 0 Å². The predicted molar refractivity (Wildman–Crippen MR) is 51.1 cm³/mol. The second kappa shape index (κ2) is 6.44. The zero-order valence-corrected chi connectivity index (χ0v) is 8.71. The maximum atomic E-state index is 9.50. The fourth-order valence-electron chi connectivity index (χ4n) is 1.16. The Morgan fingerprint density at radius 1 is 1.17 bits per heavy atom. The molecule has 0 rings (SSSR count). The van der Waals surface area contributed by atoms with Gasteiger partial charge in [0.15, 0.2) is 0 Å². The minimum Gasteiger partial charge on any atom is -0.393 e. The van der Waals surface area contributed by atoms with Crippen molar-refractivity contribution in [2.45, 2.75) is 39.7 Å². The average Bonchev–Trinajstić information content (AvgIpc) is 2.00. The van der Waals surface area contributed by atoms with Crippen LogP contribution in [0.1, 0.15) is 33.6 Å². The Kier molecular flexibility index (Phi) is 6.39. The fourth-order valence-corrected chi connectivity index (χ4v) is 1.16. The van der Waals surface area contributed by atoms with Crippen molar-refractivity contribution in [3.63, 3.8) is 0 Å². The lowest BCUT2D eigenvalue weighted by Gasteiger charge is -2.16. The smallest absolute Gasteiger partial charge is 0.0563 e. The van der Waals surface area contributed by atoms with Gasteiger partial charge in [0.1, 0.15) is 0 Å². The van der Waals surface area contributed by atoms with Gasteiger partial charge in [-0.15, -0.1) is 0 Å². The van der Waals surface area contributed by atoms with E-state index in [-0.39, 0.29) is 6.10 Å². The van der Waals surface area contributed by atoms with E-state index in [1.54, 1.807) is 7.11 Å². The van der Waals surface area contributed by atoms with E-state index in [9.17, 15) is 5.11 Å². The van der Waals surface area contributed by atoms with Gasteiger partial charge >= 0.3 is 0 Å². The Hall–Kier alpha value is -0.0800. The average molecular weight is 174 g/mol. The van der Waals surface area contributed by atoms with Crippen LogP contribution in [0.15, 0.2) is 0 Å². The number of rotatable bonds is 6. The summed E-state index contributed by atoms with van der Waals surface area (Å²) in [6.07, 6.45) is 1.79. The maximum absolute atomic E-state index is 9.50. The molecule has 0 saturated heterocycles. The first-order valence-electron chi connectivity index (χ1n) is 4.75. The van der Waals surface area contributed by atoms with Gasteiger partial charge in [-0.25, -0.2) is 0 Å². The van der Waals surface area contributed by atoms with Gasteiger partial charge in [0.25, 0.3) is 0 Å². The van der Waals surface area contributed by atoms with Crippen molar-refractivity contribution >= 4 is 0 Å². The summed E-state index contributed by atoms with van der Waals surface area (Å²) in [4.78, 5) is 0. The topological polar surface area (TPSA) is 29.5 Å². The van der Waals surface area contributed by atoms with Gasteiger partial charge < -0.3 is 9.84 Å². The molecule has 2 nitrogen and oxygen atoms in total. The molecule has 2 heteroatoms. The van der Waals surface area contributed by atoms with Gasteiger partial charge in [-0.2, -0.15) is 0 Å². The summed E-state index contributed by atoms with van der Waals surface area (Å²) in [5, 5.41) is 9.50. The molecule has 0 aromatic rings. The number of hydrogen-bond donors (Lipinski definition) is 1. The molecule has 0 aliphatic heterocycles. The highest BCUT2D eigenvalue weighted by atomic mass is 16.5. The summed E-state index contributed by atoms with van der Waals surface area (Å²) in [5.41, 5.74) is 0. The summed E-state index contributed by atoms with van der Waals surface area (Å²) in [6, 6.07) is 0. The van der Waals surface area contributed by atoms with E-state index in [4.69, 9.17) is 4.74 Å². The van der Waals surface area contributed by atoms with E-state index in [2.05, 4.69) is 6.92 Å². The van der Waals surface area contributed by atoms with Crippen LogP contribution in [-0.2, 0) is 4.74 Å². The van der Waals surface area contributed by atoms with Crippen LogP contribution in [0.3, 0.4) is 0 Å². The molecule has 1 N–H and O–H groups in total. The summed E-state index contributed by atoms with van der Waals surface area (Å²) < 4.78 is 5.01. The summed E-state index contributed by atoms with van der Waals surface area (Å²) in [7, 11) is 1.72. The lowest BCUT2D eigenvalue weighted by atomic mass is 9.97. The highest BCUT2D eigenvalue weighted by molar-refractivity contribution is 4.62. The van der Waals surface area contributed by atoms with Crippen molar-refractivity contribution in [1.82, 2.24) is 0 Å². The Labute approximate surface area is 75.9 Å². The Balaban J connectivity index is 3.40. The van der Waals surface area contributed by atoms with Crippen molar-refractivity contribution < 1.29 is 9.84 Å². The SMILES string of the molecule is COCC(C)CCC(O)C(C)C. The summed E-state index contributed by atoms with van der Waals surface area (Å²) in [6.45, 7) is 7.04. The number of ether oxygens (including phenoxy) is 1. The molecule has 0 spiro atoms. The minimum atomic E-state index is -0.149. The van der Waals surface area contributed by atoms with Crippen LogP contribution in [0, 0.1) is 11.8 Å². The third-order valence-corrected chi connectivity index (χ3v) is 2.18. The zero-order valence-electron chi connectivity index (χ0n) is 8.71. The molecule has 0 saturated carbocycles. The Bertz CT molecular complexity index is 102. The van der Waals surface area contributed by atoms with Crippen molar-refractivity contribution in [2.24, 2.45) is 11.8 Å². The molecule has 0 aliphatic rings.